The van der Waals surface area contributed by atoms with Crippen LogP contribution in [-0.2, 0) is 0 Å². The minimum Gasteiger partial charge on any atom is -0.220 e. The summed E-state index contributed by atoms with van der Waals surface area (Å²) in [4.78, 5) is 4.41. The highest BCUT2D eigenvalue weighted by atomic mass is 32.2. The Morgan fingerprint density at radius 3 is 2.53 bits per heavy atom. The Hall–Kier alpha value is -2.32. The Morgan fingerprint density at radius 1 is 1.21 bits per heavy atom. The van der Waals surface area contributed by atoms with E-state index in [1.807, 2.05) is 67.2 Å². The molecule has 0 aliphatic carbocycles. The van der Waals surface area contributed by atoms with E-state index in [1.54, 1.807) is 4.68 Å². The molecular weight excluding hydrogens is 256 g/mol. The summed E-state index contributed by atoms with van der Waals surface area (Å²) in [6.45, 7) is 2.02. The van der Waals surface area contributed by atoms with Crippen molar-refractivity contribution < 1.29 is 4.68 Å². The van der Waals surface area contributed by atoms with Gasteiger partial charge in [0.1, 0.15) is 5.40 Å². The van der Waals surface area contributed by atoms with Crippen molar-refractivity contribution in [3.63, 3.8) is 0 Å². The Labute approximate surface area is 116 Å². The zero-order valence-corrected chi connectivity index (χ0v) is 11.3. The van der Waals surface area contributed by atoms with E-state index in [-0.39, 0.29) is 0 Å². The molecule has 0 amide bonds. The molecule has 2 rings (SSSR count). The number of pyridine rings is 1. The molecule has 94 valence electrons. The van der Waals surface area contributed by atoms with Crippen molar-refractivity contribution in [2.24, 2.45) is 4.99 Å². The molecule has 0 fully saturated rings. The predicted octanol–water partition coefficient (Wildman–Crippen LogP) is 2.73. The lowest BCUT2D eigenvalue weighted by atomic mass is 10.2. The van der Waals surface area contributed by atoms with Crippen molar-refractivity contribution >= 4 is 22.6 Å². The summed E-state index contributed by atoms with van der Waals surface area (Å²) in [5, 5.41) is 11.4. The highest BCUT2D eigenvalue weighted by Crippen LogP contribution is 2.14. The summed E-state index contributed by atoms with van der Waals surface area (Å²) in [6, 6.07) is 13.5. The molecule has 0 unspecified atom stereocenters. The molecule has 0 saturated heterocycles. The summed E-state index contributed by atoms with van der Waals surface area (Å²) < 4.78 is 1.75. The van der Waals surface area contributed by atoms with Gasteiger partial charge in [-0.3, -0.25) is 0 Å². The summed E-state index contributed by atoms with van der Waals surface area (Å²) in [5.41, 5.74) is 5.04. The lowest BCUT2D eigenvalue weighted by Crippen LogP contribution is -2.46. The molecule has 0 bridgehead atoms. The first-order valence-corrected chi connectivity index (χ1v) is 6.54. The fraction of sp³-hybridized carbons (Fsp3) is 0.0714. The molecule has 19 heavy (non-hydrogen) atoms. The van der Waals surface area contributed by atoms with Crippen molar-refractivity contribution in [3.8, 4) is 5.40 Å². The number of hydrogen-bond acceptors (Lipinski definition) is 3. The number of nitriles is 1. The zero-order valence-electron chi connectivity index (χ0n) is 10.4. The van der Waals surface area contributed by atoms with Crippen molar-refractivity contribution in [3.05, 3.63) is 60.4 Å². The fourth-order valence-electron chi connectivity index (χ4n) is 1.43. The van der Waals surface area contributed by atoms with Gasteiger partial charge in [0, 0.05) is 23.9 Å². The zero-order chi connectivity index (χ0) is 13.5. The maximum Gasteiger partial charge on any atom is 0.234 e. The number of thiocyanates is 1. The van der Waals surface area contributed by atoms with Gasteiger partial charge < -0.3 is 0 Å². The number of hydrogen-bond donors (Lipinski definition) is 1. The number of aromatic nitrogens is 1. The molecule has 0 atom stereocenters. The second kappa shape index (κ2) is 6.57. The topological polar surface area (TPSA) is 52.1 Å². The van der Waals surface area contributed by atoms with Crippen LogP contribution in [0, 0.1) is 17.6 Å². The molecule has 1 aromatic carbocycles. The van der Waals surface area contributed by atoms with E-state index in [0.717, 1.165) is 17.4 Å². The summed E-state index contributed by atoms with van der Waals surface area (Å²) in [6.07, 6.45) is 3.70. The molecule has 0 aliphatic rings. The molecule has 1 N–H and O–H groups in total. The van der Waals surface area contributed by atoms with Crippen LogP contribution >= 0.6 is 11.8 Å². The molecule has 0 radical (unpaired) electrons. The average Bonchev–Trinajstić information content (AvgIpc) is 2.43. The van der Waals surface area contributed by atoms with Crippen molar-refractivity contribution in [2.45, 2.75) is 6.92 Å². The monoisotopic (exact) mass is 269 g/mol. The number of amidine groups is 1. The molecule has 4 nitrogen and oxygen atoms in total. The van der Waals surface area contributed by atoms with E-state index in [4.69, 9.17) is 5.26 Å². The molecule has 0 spiro atoms. The van der Waals surface area contributed by atoms with Crippen LogP contribution in [0.4, 0.5) is 5.69 Å². The van der Waals surface area contributed by atoms with Gasteiger partial charge >= 0.3 is 0 Å². The summed E-state index contributed by atoms with van der Waals surface area (Å²) in [7, 11) is 0. The molecule has 1 aromatic heterocycles. The quantitative estimate of drug-likeness (QED) is 0.395. The van der Waals surface area contributed by atoms with Gasteiger partial charge in [-0.2, -0.15) is 5.26 Å². The maximum atomic E-state index is 8.82. The number of aryl methyl sites for hydroxylation is 1. The largest absolute Gasteiger partial charge is 0.234 e. The number of nitrogens with one attached hydrogen (secondary N) is 1. The third kappa shape index (κ3) is 4.12. The van der Waals surface area contributed by atoms with Crippen molar-refractivity contribution in [2.75, 3.05) is 5.43 Å². The van der Waals surface area contributed by atoms with Crippen molar-refractivity contribution in [1.82, 2.24) is 0 Å². The average molecular weight is 269 g/mol. The van der Waals surface area contributed by atoms with Gasteiger partial charge in [-0.05, 0) is 19.1 Å². The van der Waals surface area contributed by atoms with Gasteiger partial charge in [-0.25, -0.2) is 4.99 Å². The molecule has 5 heteroatoms. The number of rotatable bonds is 2. The van der Waals surface area contributed by atoms with Crippen LogP contribution < -0.4 is 10.1 Å². The minimum atomic E-state index is 0.530. The van der Waals surface area contributed by atoms with Crippen LogP contribution in [0.1, 0.15) is 5.56 Å². The smallest absolute Gasteiger partial charge is 0.220 e. The second-order valence-corrected chi connectivity index (χ2v) is 4.61. The fourth-order valence-corrected chi connectivity index (χ4v) is 1.82. The van der Waals surface area contributed by atoms with Gasteiger partial charge in [0.2, 0.25) is 5.17 Å². The number of thioether (sulfide) groups is 1. The van der Waals surface area contributed by atoms with Crippen LogP contribution in [0.3, 0.4) is 0 Å². The molecule has 2 aromatic rings. The third-order valence-corrected chi connectivity index (χ3v) is 2.81. The Kier molecular flexibility index (Phi) is 4.54. The second-order valence-electron chi connectivity index (χ2n) is 3.84. The Bertz CT molecular complexity index is 600. The van der Waals surface area contributed by atoms with E-state index in [0.29, 0.717) is 5.17 Å². The summed E-state index contributed by atoms with van der Waals surface area (Å²) >= 11 is 0.994. The molecular formula is C14H13N4S+. The van der Waals surface area contributed by atoms with Gasteiger partial charge in [-0.15, -0.1) is 5.43 Å². The van der Waals surface area contributed by atoms with Crippen LogP contribution in [0.2, 0.25) is 0 Å². The molecule has 0 aliphatic heterocycles. The lowest BCUT2D eigenvalue weighted by Gasteiger charge is -2.01. The van der Waals surface area contributed by atoms with E-state index < -0.39 is 0 Å². The number of aliphatic imine (C=N–C) groups is 1. The van der Waals surface area contributed by atoms with Crippen LogP contribution in [0.5, 0.6) is 0 Å². The number of nitrogens with zero attached hydrogens (tertiary/aromatic N) is 3. The van der Waals surface area contributed by atoms with Gasteiger partial charge in [0.15, 0.2) is 12.4 Å². The molecule has 1 heterocycles. The van der Waals surface area contributed by atoms with E-state index in [1.165, 1.54) is 5.56 Å². The lowest BCUT2D eigenvalue weighted by molar-refractivity contribution is -0.639. The van der Waals surface area contributed by atoms with Crippen LogP contribution in [0.25, 0.3) is 0 Å². The number of benzene rings is 1. The molecule has 0 saturated carbocycles. The highest BCUT2D eigenvalue weighted by Gasteiger charge is 2.06. The van der Waals surface area contributed by atoms with E-state index >= 15 is 0 Å². The first-order chi connectivity index (χ1) is 9.28. The first kappa shape index (κ1) is 13.1. The van der Waals surface area contributed by atoms with Crippen LogP contribution in [0.15, 0.2) is 59.9 Å². The van der Waals surface area contributed by atoms with E-state index in [9.17, 15) is 0 Å². The van der Waals surface area contributed by atoms with Crippen molar-refractivity contribution in [1.29, 1.82) is 5.26 Å². The predicted molar refractivity (Wildman–Crippen MR) is 77.5 cm³/mol. The van der Waals surface area contributed by atoms with E-state index in [2.05, 4.69) is 10.4 Å². The SMILES string of the molecule is Cc1ccc(N=C(N[n+]2ccccc2)SC#N)cc1. The highest BCUT2D eigenvalue weighted by molar-refractivity contribution is 8.18. The maximum absolute atomic E-state index is 8.82. The summed E-state index contributed by atoms with van der Waals surface area (Å²) in [5.74, 6) is 0. The van der Waals surface area contributed by atoms with Gasteiger partial charge in [0.05, 0.1) is 5.69 Å². The van der Waals surface area contributed by atoms with Gasteiger partial charge in [-0.1, -0.05) is 28.4 Å². The minimum absolute atomic E-state index is 0.530. The van der Waals surface area contributed by atoms with Gasteiger partial charge in [0.25, 0.3) is 0 Å². The first-order valence-electron chi connectivity index (χ1n) is 5.72. The van der Waals surface area contributed by atoms with Crippen LogP contribution in [-0.4, -0.2) is 5.17 Å². The third-order valence-electron chi connectivity index (χ3n) is 2.35. The Balaban J connectivity index is 2.20. The normalized spacial score (nSPS) is 10.8. The standard InChI is InChI=1S/C14H13N4S/c1-12-5-7-13(8-6-12)16-14(19-11-15)17-18-9-3-2-4-10-18/h2-10H,1H3,(H,16,17)/q+1. The Morgan fingerprint density at radius 2 is 1.89 bits per heavy atom.